The molecule has 4 aromatic rings. The van der Waals surface area contributed by atoms with Crippen molar-refractivity contribution in [2.45, 2.75) is 45.1 Å². The van der Waals surface area contributed by atoms with Gasteiger partial charge >= 0.3 is 6.09 Å². The van der Waals surface area contributed by atoms with E-state index in [-0.39, 0.29) is 12.0 Å². The molecule has 190 valence electrons. The summed E-state index contributed by atoms with van der Waals surface area (Å²) in [7, 11) is 0. The molecule has 2 amide bonds. The minimum Gasteiger partial charge on any atom is -0.449 e. The first-order valence-electron chi connectivity index (χ1n) is 13.7. The van der Waals surface area contributed by atoms with Crippen LogP contribution in [0.15, 0.2) is 66.7 Å². The lowest BCUT2D eigenvalue weighted by Gasteiger charge is -2.14. The third-order valence-corrected chi connectivity index (χ3v) is 8.36. The van der Waals surface area contributed by atoms with Crippen LogP contribution in [-0.2, 0) is 16.1 Å². The summed E-state index contributed by atoms with van der Waals surface area (Å²) in [5.74, 6) is 1.95. The number of ether oxygens (including phenoxy) is 1. The number of allylic oxidation sites excluding steroid dienone is 2. The summed E-state index contributed by atoms with van der Waals surface area (Å²) in [5, 5.41) is 13.3. The van der Waals surface area contributed by atoms with Crippen LogP contribution in [0.4, 0.5) is 4.79 Å². The van der Waals surface area contributed by atoms with Gasteiger partial charge in [0.15, 0.2) is 0 Å². The molecule has 0 radical (unpaired) electrons. The molecule has 1 saturated carbocycles. The molecule has 0 heterocycles. The highest BCUT2D eigenvalue weighted by Crippen LogP contribution is 2.52. The van der Waals surface area contributed by atoms with Crippen molar-refractivity contribution >= 4 is 44.3 Å². The quantitative estimate of drug-likeness (QED) is 0.163. The van der Waals surface area contributed by atoms with Gasteiger partial charge < -0.3 is 15.4 Å². The zero-order valence-corrected chi connectivity index (χ0v) is 21.2. The number of hydrogen-bond acceptors (Lipinski definition) is 3. The molecule has 6 rings (SSSR count). The van der Waals surface area contributed by atoms with Gasteiger partial charge in [-0.1, -0.05) is 66.7 Å². The van der Waals surface area contributed by atoms with Gasteiger partial charge in [0.1, 0.15) is 0 Å². The number of carbonyl (C=O) groups excluding carboxylic acids is 2. The van der Waals surface area contributed by atoms with E-state index in [0.29, 0.717) is 38.5 Å². The van der Waals surface area contributed by atoms with Crippen molar-refractivity contribution in [1.82, 2.24) is 10.6 Å². The van der Waals surface area contributed by atoms with Gasteiger partial charge in [0, 0.05) is 19.5 Å². The van der Waals surface area contributed by atoms with Crippen molar-refractivity contribution in [2.75, 3.05) is 13.2 Å². The Labute approximate surface area is 217 Å². The van der Waals surface area contributed by atoms with E-state index in [2.05, 4.69) is 77.4 Å². The second kappa shape index (κ2) is 10.4. The highest BCUT2D eigenvalue weighted by atomic mass is 16.5. The van der Waals surface area contributed by atoms with Crippen LogP contribution in [0.5, 0.6) is 0 Å². The van der Waals surface area contributed by atoms with Crippen molar-refractivity contribution in [2.24, 2.45) is 17.8 Å². The van der Waals surface area contributed by atoms with Crippen LogP contribution in [0.1, 0.15) is 44.1 Å². The topological polar surface area (TPSA) is 67.4 Å². The monoisotopic (exact) mass is 494 g/mol. The molecule has 5 nitrogen and oxygen atoms in total. The second-order valence-electron chi connectivity index (χ2n) is 10.6. The average Bonchev–Trinajstić information content (AvgIpc) is 3.56. The summed E-state index contributed by atoms with van der Waals surface area (Å²) < 4.78 is 5.47. The van der Waals surface area contributed by atoms with Crippen molar-refractivity contribution in [3.05, 3.63) is 72.3 Å². The number of carbonyl (C=O) groups is 2. The zero-order valence-electron chi connectivity index (χ0n) is 21.2. The van der Waals surface area contributed by atoms with E-state index in [0.717, 1.165) is 30.2 Å². The minimum atomic E-state index is -0.369. The number of benzene rings is 4. The first-order chi connectivity index (χ1) is 18.2. The Bertz CT molecular complexity index is 1430. The Morgan fingerprint density at radius 1 is 0.811 bits per heavy atom. The van der Waals surface area contributed by atoms with Gasteiger partial charge in [-0.25, -0.2) is 4.79 Å². The van der Waals surface area contributed by atoms with Crippen molar-refractivity contribution < 1.29 is 14.3 Å². The molecule has 2 aliphatic rings. The number of alkyl carbamates (subject to hydrolysis) is 1. The molecule has 0 spiro atoms. The summed E-state index contributed by atoms with van der Waals surface area (Å²) in [4.78, 5) is 24.6. The van der Waals surface area contributed by atoms with Gasteiger partial charge in [-0.15, -0.1) is 0 Å². The molecular formula is C32H34N2O3. The van der Waals surface area contributed by atoms with Gasteiger partial charge in [-0.05, 0) is 87.7 Å². The molecule has 0 aromatic heterocycles. The summed E-state index contributed by atoms with van der Waals surface area (Å²) in [5.41, 5.74) is 1.11. The fourth-order valence-electron chi connectivity index (χ4n) is 6.34. The predicted molar refractivity (Wildman–Crippen MR) is 149 cm³/mol. The number of rotatable bonds is 8. The largest absolute Gasteiger partial charge is 0.449 e. The van der Waals surface area contributed by atoms with Crippen molar-refractivity contribution in [3.8, 4) is 0 Å². The Kier molecular flexibility index (Phi) is 6.69. The second-order valence-corrected chi connectivity index (χ2v) is 10.6. The first-order valence-corrected chi connectivity index (χ1v) is 13.7. The van der Waals surface area contributed by atoms with Gasteiger partial charge in [0.05, 0.1) is 6.61 Å². The van der Waals surface area contributed by atoms with Crippen LogP contribution >= 0.6 is 0 Å². The molecule has 2 atom stereocenters. The predicted octanol–water partition coefficient (Wildman–Crippen LogP) is 6.70. The maximum Gasteiger partial charge on any atom is 0.407 e. The van der Waals surface area contributed by atoms with E-state index in [1.807, 2.05) is 0 Å². The Hall–Kier alpha value is -3.60. The fraction of sp³-hybridized carbons (Fsp3) is 0.375. The standard InChI is InChI=1S/C32H34N2O3/c35-29(11-6-18-33-32(36)37-20-28-26-9-3-1-2-4-10-27(26)28)34-19-24-15-14-23-13-12-21-7-5-8-22-16-17-25(24)31(23)30(21)22/h1-2,5,7-8,12-17,26-28H,3-4,6,9-11,18-20H2,(H,33,36)(H,34,35). The third kappa shape index (κ3) is 5.00. The molecule has 0 aliphatic heterocycles. The van der Waals surface area contributed by atoms with Crippen LogP contribution in [0.3, 0.4) is 0 Å². The molecule has 1 fully saturated rings. The number of hydrogen-bond donors (Lipinski definition) is 2. The van der Waals surface area contributed by atoms with Crippen molar-refractivity contribution in [3.63, 3.8) is 0 Å². The Balaban J connectivity index is 0.953. The fourth-order valence-corrected chi connectivity index (χ4v) is 6.34. The minimum absolute atomic E-state index is 0.0105. The molecule has 0 bridgehead atoms. The van der Waals surface area contributed by atoms with E-state index in [4.69, 9.17) is 4.74 Å². The Morgan fingerprint density at radius 2 is 1.49 bits per heavy atom. The lowest BCUT2D eigenvalue weighted by Crippen LogP contribution is -2.28. The smallest absolute Gasteiger partial charge is 0.407 e. The number of nitrogens with one attached hydrogen (secondary N) is 2. The summed E-state index contributed by atoms with van der Waals surface area (Å²) >= 11 is 0. The van der Waals surface area contributed by atoms with Crippen LogP contribution in [0, 0.1) is 17.8 Å². The van der Waals surface area contributed by atoms with Crippen LogP contribution < -0.4 is 10.6 Å². The number of amides is 2. The van der Waals surface area contributed by atoms with Crippen LogP contribution in [-0.4, -0.2) is 25.2 Å². The molecule has 37 heavy (non-hydrogen) atoms. The van der Waals surface area contributed by atoms with E-state index in [9.17, 15) is 9.59 Å². The highest BCUT2D eigenvalue weighted by molar-refractivity contribution is 6.23. The van der Waals surface area contributed by atoms with Gasteiger partial charge in [-0.3, -0.25) is 4.79 Å². The highest BCUT2D eigenvalue weighted by Gasteiger charge is 2.49. The van der Waals surface area contributed by atoms with Crippen LogP contribution in [0.2, 0.25) is 0 Å². The summed E-state index contributed by atoms with van der Waals surface area (Å²) in [6.07, 6.45) is 9.84. The maximum atomic E-state index is 12.5. The van der Waals surface area contributed by atoms with E-state index in [1.54, 1.807) is 0 Å². The maximum absolute atomic E-state index is 12.5. The normalized spacial score (nSPS) is 20.9. The third-order valence-electron chi connectivity index (χ3n) is 8.36. The first kappa shape index (κ1) is 23.8. The summed E-state index contributed by atoms with van der Waals surface area (Å²) in [6, 6.07) is 19.3. The molecule has 4 aromatic carbocycles. The van der Waals surface area contributed by atoms with Gasteiger partial charge in [0.25, 0.3) is 0 Å². The lowest BCUT2D eigenvalue weighted by atomic mass is 9.92. The molecule has 5 heteroatoms. The Morgan fingerprint density at radius 3 is 2.24 bits per heavy atom. The average molecular weight is 495 g/mol. The molecule has 2 aliphatic carbocycles. The number of fused-ring (bicyclic) bond motifs is 1. The SMILES string of the molecule is O=C(CCCNC(=O)OCC1C2CCC=CCCC21)NCc1ccc2ccc3cccc4ccc1c2c34. The van der Waals surface area contributed by atoms with Crippen LogP contribution in [0.25, 0.3) is 32.3 Å². The van der Waals surface area contributed by atoms with E-state index < -0.39 is 0 Å². The molecule has 0 saturated heterocycles. The molecular weight excluding hydrogens is 460 g/mol. The van der Waals surface area contributed by atoms with Gasteiger partial charge in [0.2, 0.25) is 5.91 Å². The van der Waals surface area contributed by atoms with Crippen molar-refractivity contribution in [1.29, 1.82) is 0 Å². The molecule has 2 unspecified atom stereocenters. The van der Waals surface area contributed by atoms with E-state index >= 15 is 0 Å². The lowest BCUT2D eigenvalue weighted by molar-refractivity contribution is -0.121. The zero-order chi connectivity index (χ0) is 25.2. The molecule has 2 N–H and O–H groups in total. The summed E-state index contributed by atoms with van der Waals surface area (Å²) in [6.45, 7) is 1.44. The van der Waals surface area contributed by atoms with Gasteiger partial charge in [-0.2, -0.15) is 0 Å². The van der Waals surface area contributed by atoms with E-state index in [1.165, 1.54) is 45.2 Å².